The maximum Gasteiger partial charge on any atom is 0.0571 e. The van der Waals surface area contributed by atoms with Crippen LogP contribution in [-0.2, 0) is 26.5 Å². The average Bonchev–Trinajstić information content (AvgIpc) is 3.68. The number of ether oxygens (including phenoxy) is 1. The number of aromatic nitrogens is 3. The van der Waals surface area contributed by atoms with Gasteiger partial charge >= 0.3 is 0 Å². The molecule has 1 aliphatic heterocycles. The van der Waals surface area contributed by atoms with Crippen molar-refractivity contribution in [3.8, 4) is 28.3 Å². The molecule has 0 fully saturated rings. The van der Waals surface area contributed by atoms with E-state index < -0.39 is 0 Å². The number of nitrogens with zero attached hydrogens (tertiary/aromatic N) is 5. The number of pyridine rings is 1. The van der Waals surface area contributed by atoms with Crippen LogP contribution in [0.25, 0.3) is 16.8 Å². The predicted octanol–water partition coefficient (Wildman–Crippen LogP) is 9.65. The Bertz CT molecular complexity index is 1970. The monoisotopic (exact) mass is 783 g/mol. The Morgan fingerprint density at radius 3 is 2.09 bits per heavy atom. The molecule has 2 aromatic heterocycles. The van der Waals surface area contributed by atoms with Crippen LogP contribution in [0.5, 0.6) is 11.5 Å². The van der Waals surface area contributed by atoms with Crippen molar-refractivity contribution in [1.29, 1.82) is 0 Å². The summed E-state index contributed by atoms with van der Waals surface area (Å²) in [5.41, 5.74) is 10.9. The molecule has 3 heterocycles. The van der Waals surface area contributed by atoms with Gasteiger partial charge in [0.15, 0.2) is 0 Å². The van der Waals surface area contributed by atoms with E-state index in [1.54, 1.807) is 0 Å². The summed E-state index contributed by atoms with van der Waals surface area (Å²) >= 11 is 0. The molecule has 0 bridgehead atoms. The van der Waals surface area contributed by atoms with E-state index in [1.807, 2.05) is 84.1 Å². The molecule has 6 nitrogen and oxygen atoms in total. The Balaban J connectivity index is 0.00000372. The van der Waals surface area contributed by atoms with Crippen molar-refractivity contribution in [1.82, 2.24) is 14.8 Å². The molecule has 0 unspecified atom stereocenters. The fraction of sp³-hybridized carbons (Fsp3) is 0.154. The largest absolute Gasteiger partial charge is 0.509 e. The first-order valence-corrected chi connectivity index (χ1v) is 15.1. The third kappa shape index (κ3) is 6.10. The minimum absolute atomic E-state index is 0. The second-order valence-electron chi connectivity index (χ2n) is 12.4. The summed E-state index contributed by atoms with van der Waals surface area (Å²) in [4.78, 5) is 8.82. The first-order chi connectivity index (χ1) is 21.7. The summed E-state index contributed by atoms with van der Waals surface area (Å²) in [6, 6.07) is 35.4. The summed E-state index contributed by atoms with van der Waals surface area (Å²) in [5, 5.41) is 4.56. The third-order valence-corrected chi connectivity index (χ3v) is 8.05. The van der Waals surface area contributed by atoms with Crippen LogP contribution >= 0.6 is 0 Å². The molecule has 0 saturated heterocycles. The van der Waals surface area contributed by atoms with Crippen molar-refractivity contribution in [3.05, 3.63) is 145 Å². The van der Waals surface area contributed by atoms with Crippen LogP contribution < -0.4 is 14.5 Å². The molecule has 7 rings (SSSR count). The van der Waals surface area contributed by atoms with E-state index in [0.29, 0.717) is 11.5 Å². The molecule has 0 radical (unpaired) electrons. The van der Waals surface area contributed by atoms with Crippen LogP contribution in [0.15, 0.2) is 110 Å². The second-order valence-corrected chi connectivity index (χ2v) is 12.4. The third-order valence-electron chi connectivity index (χ3n) is 8.05. The molecule has 1 aliphatic rings. The van der Waals surface area contributed by atoms with E-state index in [0.717, 1.165) is 33.9 Å². The Labute approximate surface area is 285 Å². The van der Waals surface area contributed by atoms with E-state index in [2.05, 4.69) is 104 Å². The molecule has 4 aromatic carbocycles. The first-order valence-electron chi connectivity index (χ1n) is 15.1. The number of rotatable bonds is 6. The minimum atomic E-state index is 0. The molecule has 234 valence electrons. The summed E-state index contributed by atoms with van der Waals surface area (Å²) in [5.74, 6) is 1.17. The van der Waals surface area contributed by atoms with Crippen molar-refractivity contribution in [2.45, 2.75) is 40.0 Å². The van der Waals surface area contributed by atoms with Gasteiger partial charge in [0.05, 0.1) is 11.9 Å². The normalized spacial score (nSPS) is 12.5. The zero-order valence-corrected chi connectivity index (χ0v) is 28.7. The van der Waals surface area contributed by atoms with E-state index in [9.17, 15) is 0 Å². The molecule has 0 spiro atoms. The van der Waals surface area contributed by atoms with E-state index in [1.165, 1.54) is 22.4 Å². The van der Waals surface area contributed by atoms with E-state index in [4.69, 9.17) is 4.74 Å². The van der Waals surface area contributed by atoms with Crippen molar-refractivity contribution in [2.24, 2.45) is 0 Å². The number of fused-ring (bicyclic) bond motifs is 1. The van der Waals surface area contributed by atoms with Gasteiger partial charge in [-0.15, -0.1) is 48.8 Å². The predicted molar refractivity (Wildman–Crippen MR) is 181 cm³/mol. The summed E-state index contributed by atoms with van der Waals surface area (Å²) in [7, 11) is 0. The van der Waals surface area contributed by atoms with Gasteiger partial charge < -0.3 is 14.5 Å². The van der Waals surface area contributed by atoms with Gasteiger partial charge in [-0.05, 0) is 53.3 Å². The average molecular weight is 784 g/mol. The zero-order valence-electron chi connectivity index (χ0n) is 26.4. The molecule has 0 N–H and O–H groups in total. The van der Waals surface area contributed by atoms with Crippen LogP contribution in [0, 0.1) is 32.6 Å². The number of aryl methyl sites for hydroxylation is 2. The fourth-order valence-electron chi connectivity index (χ4n) is 5.77. The number of benzene rings is 4. The maximum atomic E-state index is 6.29. The smallest absolute Gasteiger partial charge is 0.0571 e. The summed E-state index contributed by atoms with van der Waals surface area (Å²) < 4.78 is 8.10. The molecule has 0 aliphatic carbocycles. The van der Waals surface area contributed by atoms with Crippen LogP contribution in [0.3, 0.4) is 0 Å². The van der Waals surface area contributed by atoms with Crippen molar-refractivity contribution < 1.29 is 25.8 Å². The molecule has 6 aromatic rings. The molecule has 7 heteroatoms. The van der Waals surface area contributed by atoms with Crippen LogP contribution in [0.1, 0.15) is 37.5 Å². The molecule has 0 atom stereocenters. The number of anilines is 4. The molecule has 0 amide bonds. The second kappa shape index (κ2) is 12.6. The topological polar surface area (TPSA) is 46.4 Å². The van der Waals surface area contributed by atoms with Crippen molar-refractivity contribution >= 4 is 22.7 Å². The fourth-order valence-corrected chi connectivity index (χ4v) is 5.77. The number of hydrogen-bond acceptors (Lipinski definition) is 5. The Kier molecular flexibility index (Phi) is 8.59. The first kappa shape index (κ1) is 31.3. The SMILES string of the molecule is Cc1cc(C(C)(C)C)cc(C)c1N1[CH-]N(c2[c-]c(Oc3[c-]c(-n4cc(-c5ccccc5)cn4)ccc3)ccc2)c2cnccc21.[Pt]. The van der Waals surface area contributed by atoms with Crippen LogP contribution in [0.2, 0.25) is 0 Å². The van der Waals surface area contributed by atoms with Crippen LogP contribution in [-0.4, -0.2) is 14.8 Å². The van der Waals surface area contributed by atoms with E-state index in [-0.39, 0.29) is 26.5 Å². The van der Waals surface area contributed by atoms with Gasteiger partial charge in [0.1, 0.15) is 0 Å². The van der Waals surface area contributed by atoms with Gasteiger partial charge in [-0.25, -0.2) is 0 Å². The minimum Gasteiger partial charge on any atom is -0.509 e. The van der Waals surface area contributed by atoms with E-state index >= 15 is 0 Å². The summed E-state index contributed by atoms with van der Waals surface area (Å²) in [6.07, 6.45) is 7.59. The number of hydrogen-bond donors (Lipinski definition) is 0. The summed E-state index contributed by atoms with van der Waals surface area (Å²) in [6.45, 7) is 13.2. The standard InChI is InChI=1S/C39H34N5O.Pt/c1-27-19-31(39(3,4)5)20-28(2)38(27)43-26-42(37-24-40-18-17-36(37)43)32-13-9-15-34(21-32)45-35-16-10-14-33(22-35)44-25-30(23-41-44)29-11-7-6-8-12-29;/h6-20,23-26H,1-5H3;/q-3;. The molecule has 46 heavy (non-hydrogen) atoms. The van der Waals surface area contributed by atoms with Gasteiger partial charge in [0.25, 0.3) is 0 Å². The van der Waals surface area contributed by atoms with Gasteiger partial charge in [-0.2, -0.15) is 17.2 Å². The molecule has 0 saturated carbocycles. The van der Waals surface area contributed by atoms with Gasteiger partial charge in [0.2, 0.25) is 0 Å². The quantitative estimate of drug-likeness (QED) is 0.158. The molecular formula is C39H34N5OPt-3. The van der Waals surface area contributed by atoms with Crippen molar-refractivity contribution in [3.63, 3.8) is 0 Å². The molecular weight excluding hydrogens is 750 g/mol. The van der Waals surface area contributed by atoms with Crippen LogP contribution in [0.4, 0.5) is 22.7 Å². The zero-order chi connectivity index (χ0) is 31.1. The van der Waals surface area contributed by atoms with Gasteiger partial charge in [0, 0.05) is 68.1 Å². The Morgan fingerprint density at radius 2 is 1.39 bits per heavy atom. The Morgan fingerprint density at radius 1 is 0.717 bits per heavy atom. The van der Waals surface area contributed by atoms with Gasteiger partial charge in [-0.3, -0.25) is 9.67 Å². The Hall–Kier alpha value is -4.67. The van der Waals surface area contributed by atoms with Gasteiger partial charge in [-0.1, -0.05) is 63.2 Å². The maximum absolute atomic E-state index is 6.29. The van der Waals surface area contributed by atoms with Crippen molar-refractivity contribution in [2.75, 3.05) is 9.80 Å².